The normalized spacial score (nSPS) is 24.0. The summed E-state index contributed by atoms with van der Waals surface area (Å²) >= 11 is 0. The van der Waals surface area contributed by atoms with Crippen molar-refractivity contribution in [1.29, 1.82) is 0 Å². The van der Waals surface area contributed by atoms with Crippen molar-refractivity contribution in [2.45, 2.75) is 50.3 Å². The van der Waals surface area contributed by atoms with E-state index < -0.39 is 5.60 Å². The van der Waals surface area contributed by atoms with Crippen molar-refractivity contribution in [3.63, 3.8) is 0 Å². The van der Waals surface area contributed by atoms with Crippen molar-refractivity contribution in [3.05, 3.63) is 35.9 Å². The van der Waals surface area contributed by atoms with Crippen LogP contribution in [0.3, 0.4) is 0 Å². The average Bonchev–Trinajstić information content (AvgIpc) is 2.54. The molecule has 3 unspecified atom stereocenters. The van der Waals surface area contributed by atoms with Crippen LogP contribution < -0.4 is 10.6 Å². The van der Waals surface area contributed by atoms with Crippen molar-refractivity contribution in [2.24, 2.45) is 0 Å². The first kappa shape index (κ1) is 17.8. The highest BCUT2D eigenvalue weighted by Gasteiger charge is 2.26. The lowest BCUT2D eigenvalue weighted by Crippen LogP contribution is -2.49. The van der Waals surface area contributed by atoms with E-state index in [1.165, 1.54) is 6.42 Å². The Labute approximate surface area is 139 Å². The number of carbonyl (C=O) groups excluding carboxylic acids is 1. The molecule has 5 heteroatoms. The van der Waals surface area contributed by atoms with Gasteiger partial charge >= 0.3 is 6.03 Å². The maximum atomic E-state index is 12.1. The van der Waals surface area contributed by atoms with E-state index in [-0.39, 0.29) is 18.6 Å². The molecule has 1 fully saturated rings. The zero-order valence-electron chi connectivity index (χ0n) is 14.4. The zero-order valence-corrected chi connectivity index (χ0v) is 14.4. The van der Waals surface area contributed by atoms with Crippen LogP contribution in [0.25, 0.3) is 0 Å². The number of hydrogen-bond donors (Lipinski definition) is 3. The second-order valence-corrected chi connectivity index (χ2v) is 6.95. The average molecular weight is 319 g/mol. The first-order chi connectivity index (χ1) is 10.9. The Morgan fingerprint density at radius 2 is 2.00 bits per heavy atom. The summed E-state index contributed by atoms with van der Waals surface area (Å²) in [6.07, 6.45) is 4.33. The molecule has 3 N–H and O–H groups in total. The highest BCUT2D eigenvalue weighted by atomic mass is 16.3. The standard InChI is InChI=1S/C18H29N3O2/c1-18(23,14-8-5-4-6-9-14)13-19-17(22)20-15-10-7-11-16(12-15)21(2)3/h4-6,8-9,15-16,23H,7,10-13H2,1-3H3,(H2,19,20,22). The predicted octanol–water partition coefficient (Wildman–Crippen LogP) is 2.07. The monoisotopic (exact) mass is 319 g/mol. The van der Waals surface area contributed by atoms with Crippen LogP contribution in [0.4, 0.5) is 4.79 Å². The molecule has 1 aliphatic rings. The molecule has 0 heterocycles. The first-order valence-electron chi connectivity index (χ1n) is 8.37. The number of hydrogen-bond acceptors (Lipinski definition) is 3. The maximum absolute atomic E-state index is 12.1. The van der Waals surface area contributed by atoms with Crippen LogP contribution in [0.2, 0.25) is 0 Å². The molecule has 1 aliphatic carbocycles. The summed E-state index contributed by atoms with van der Waals surface area (Å²) in [7, 11) is 4.17. The van der Waals surface area contributed by atoms with E-state index >= 15 is 0 Å². The summed E-state index contributed by atoms with van der Waals surface area (Å²) in [4.78, 5) is 14.3. The van der Waals surface area contributed by atoms with Gasteiger partial charge in [-0.1, -0.05) is 30.3 Å². The van der Waals surface area contributed by atoms with Gasteiger partial charge in [-0.15, -0.1) is 0 Å². The Hall–Kier alpha value is -1.59. The molecule has 1 saturated carbocycles. The summed E-state index contributed by atoms with van der Waals surface area (Å²) in [5.41, 5.74) is -0.275. The quantitative estimate of drug-likeness (QED) is 0.778. The van der Waals surface area contributed by atoms with Gasteiger partial charge in [-0.3, -0.25) is 0 Å². The van der Waals surface area contributed by atoms with Gasteiger partial charge in [0.05, 0.1) is 6.54 Å². The third-order valence-corrected chi connectivity index (χ3v) is 4.70. The molecule has 0 radical (unpaired) electrons. The molecule has 3 atom stereocenters. The lowest BCUT2D eigenvalue weighted by atomic mass is 9.90. The van der Waals surface area contributed by atoms with Crippen molar-refractivity contribution in [3.8, 4) is 0 Å². The van der Waals surface area contributed by atoms with Crippen LogP contribution in [-0.2, 0) is 5.60 Å². The molecule has 5 nitrogen and oxygen atoms in total. The Morgan fingerprint density at radius 3 is 2.65 bits per heavy atom. The number of urea groups is 1. The van der Waals surface area contributed by atoms with Crippen molar-refractivity contribution in [1.82, 2.24) is 15.5 Å². The van der Waals surface area contributed by atoms with Crippen LogP contribution in [0, 0.1) is 0 Å². The summed E-state index contributed by atoms with van der Waals surface area (Å²) in [6, 6.07) is 9.93. The molecule has 0 aromatic heterocycles. The van der Waals surface area contributed by atoms with E-state index in [0.717, 1.165) is 24.8 Å². The highest BCUT2D eigenvalue weighted by molar-refractivity contribution is 5.74. The summed E-state index contributed by atoms with van der Waals surface area (Å²) in [5.74, 6) is 0. The second-order valence-electron chi connectivity index (χ2n) is 6.95. The molecule has 23 heavy (non-hydrogen) atoms. The summed E-state index contributed by atoms with van der Waals surface area (Å²) in [6.45, 7) is 1.90. The molecular formula is C18H29N3O2. The molecule has 2 rings (SSSR count). The van der Waals surface area contributed by atoms with E-state index in [9.17, 15) is 9.90 Å². The van der Waals surface area contributed by atoms with E-state index in [4.69, 9.17) is 0 Å². The third-order valence-electron chi connectivity index (χ3n) is 4.70. The van der Waals surface area contributed by atoms with Crippen LogP contribution in [0.1, 0.15) is 38.2 Å². The Morgan fingerprint density at radius 1 is 1.30 bits per heavy atom. The number of rotatable bonds is 5. The van der Waals surface area contributed by atoms with Gasteiger partial charge in [0.2, 0.25) is 0 Å². The summed E-state index contributed by atoms with van der Waals surface area (Å²) < 4.78 is 0. The van der Waals surface area contributed by atoms with Crippen molar-refractivity contribution >= 4 is 6.03 Å². The first-order valence-corrected chi connectivity index (χ1v) is 8.37. The number of benzene rings is 1. The summed E-state index contributed by atoms with van der Waals surface area (Å²) in [5, 5.41) is 16.3. The molecule has 128 valence electrons. The molecule has 0 aliphatic heterocycles. The van der Waals surface area contributed by atoms with Gasteiger partial charge in [0.25, 0.3) is 0 Å². The van der Waals surface area contributed by atoms with Gasteiger partial charge < -0.3 is 20.6 Å². The van der Waals surface area contributed by atoms with Gasteiger partial charge in [0.15, 0.2) is 0 Å². The lowest BCUT2D eigenvalue weighted by Gasteiger charge is -2.34. The molecule has 2 amide bonds. The van der Waals surface area contributed by atoms with Crippen LogP contribution >= 0.6 is 0 Å². The lowest BCUT2D eigenvalue weighted by molar-refractivity contribution is 0.0591. The molecular weight excluding hydrogens is 290 g/mol. The molecule has 0 spiro atoms. The van der Waals surface area contributed by atoms with E-state index in [1.807, 2.05) is 30.3 Å². The van der Waals surface area contributed by atoms with Crippen LogP contribution in [0.5, 0.6) is 0 Å². The van der Waals surface area contributed by atoms with Crippen molar-refractivity contribution < 1.29 is 9.90 Å². The number of aliphatic hydroxyl groups is 1. The second kappa shape index (κ2) is 7.79. The van der Waals surface area contributed by atoms with E-state index in [0.29, 0.717) is 6.04 Å². The number of carbonyl (C=O) groups is 1. The molecule has 0 saturated heterocycles. The van der Waals surface area contributed by atoms with Gasteiger partial charge in [-0.25, -0.2) is 4.79 Å². The third kappa shape index (κ3) is 5.22. The Kier molecular flexibility index (Phi) is 6.02. The zero-order chi connectivity index (χ0) is 16.9. The molecule has 0 bridgehead atoms. The van der Waals surface area contributed by atoms with Gasteiger partial charge in [0, 0.05) is 12.1 Å². The fourth-order valence-corrected chi connectivity index (χ4v) is 3.15. The maximum Gasteiger partial charge on any atom is 0.315 e. The Balaban J connectivity index is 1.81. The highest BCUT2D eigenvalue weighted by Crippen LogP contribution is 2.22. The fraction of sp³-hybridized carbons (Fsp3) is 0.611. The number of nitrogens with zero attached hydrogens (tertiary/aromatic N) is 1. The Bertz CT molecular complexity index is 502. The van der Waals surface area contributed by atoms with E-state index in [2.05, 4.69) is 29.6 Å². The smallest absolute Gasteiger partial charge is 0.315 e. The van der Waals surface area contributed by atoms with E-state index in [1.54, 1.807) is 6.92 Å². The number of amides is 2. The predicted molar refractivity (Wildman–Crippen MR) is 92.3 cm³/mol. The topological polar surface area (TPSA) is 64.6 Å². The minimum Gasteiger partial charge on any atom is -0.384 e. The van der Waals surface area contributed by atoms with Gasteiger partial charge in [-0.05, 0) is 52.3 Å². The van der Waals surface area contributed by atoms with Gasteiger partial charge in [0.1, 0.15) is 5.60 Å². The van der Waals surface area contributed by atoms with Gasteiger partial charge in [-0.2, -0.15) is 0 Å². The molecule has 1 aromatic rings. The number of nitrogens with one attached hydrogen (secondary N) is 2. The minimum atomic E-state index is -1.07. The molecule has 1 aromatic carbocycles. The fourth-order valence-electron chi connectivity index (χ4n) is 3.15. The largest absolute Gasteiger partial charge is 0.384 e. The van der Waals surface area contributed by atoms with Crippen molar-refractivity contribution in [2.75, 3.05) is 20.6 Å². The van der Waals surface area contributed by atoms with Crippen LogP contribution in [-0.4, -0.2) is 48.8 Å². The minimum absolute atomic E-state index is 0.187. The van der Waals surface area contributed by atoms with Crippen LogP contribution in [0.15, 0.2) is 30.3 Å². The SMILES string of the molecule is CN(C)C1CCCC(NC(=O)NCC(C)(O)c2ccccc2)C1.